The van der Waals surface area contributed by atoms with Crippen LogP contribution in [0.4, 0.5) is 0 Å². The molecule has 3 rings (SSSR count). The Bertz CT molecular complexity index is 865. The number of hydrogen-bond donors (Lipinski definition) is 1. The van der Waals surface area contributed by atoms with Crippen molar-refractivity contribution >= 4 is 5.90 Å². The fourth-order valence-electron chi connectivity index (χ4n) is 4.70. The smallest absolute Gasteiger partial charge is 0.214 e. The van der Waals surface area contributed by atoms with Gasteiger partial charge in [-0.1, -0.05) is 56.5 Å². The van der Waals surface area contributed by atoms with Crippen molar-refractivity contribution in [1.82, 2.24) is 0 Å². The number of hydrogen-bond acceptors (Lipinski definition) is 6. The van der Waals surface area contributed by atoms with Crippen LogP contribution in [0.3, 0.4) is 0 Å². The Morgan fingerprint density at radius 1 is 1.07 bits per heavy atom. The largest absolute Gasteiger partial charge is 0.448 e. The molecule has 0 saturated carbocycles. The van der Waals surface area contributed by atoms with Crippen LogP contribution in [0.5, 0.6) is 0 Å². The molecule has 0 radical (unpaired) electrons. The molecule has 6 heteroatoms. The van der Waals surface area contributed by atoms with Crippen LogP contribution < -0.4 is 0 Å². The molecule has 0 amide bonds. The van der Waals surface area contributed by atoms with Crippen LogP contribution in [0.15, 0.2) is 30.3 Å². The molecule has 2 bridgehead atoms. The highest BCUT2D eigenvalue weighted by Crippen LogP contribution is 2.63. The summed E-state index contributed by atoms with van der Waals surface area (Å²) < 4.78 is 12.0. The molecular formula is C22H24N4O2. The van der Waals surface area contributed by atoms with E-state index in [0.29, 0.717) is 12.8 Å². The van der Waals surface area contributed by atoms with Crippen molar-refractivity contribution in [2.24, 2.45) is 16.7 Å². The zero-order chi connectivity index (χ0) is 20.4. The Morgan fingerprint density at radius 3 is 2.32 bits per heavy atom. The second-order valence-electron chi connectivity index (χ2n) is 7.74. The summed E-state index contributed by atoms with van der Waals surface area (Å²) in [5, 5.41) is 39.0. The average molecular weight is 376 g/mol. The maximum atomic E-state index is 10.3. The van der Waals surface area contributed by atoms with Gasteiger partial charge in [0, 0.05) is 6.92 Å². The van der Waals surface area contributed by atoms with Gasteiger partial charge in [-0.05, 0) is 18.4 Å². The van der Waals surface area contributed by atoms with Gasteiger partial charge in [-0.3, -0.25) is 5.41 Å². The van der Waals surface area contributed by atoms with Gasteiger partial charge < -0.3 is 9.47 Å². The molecule has 0 spiro atoms. The monoisotopic (exact) mass is 376 g/mol. The van der Waals surface area contributed by atoms with Crippen molar-refractivity contribution in [2.45, 2.75) is 57.8 Å². The van der Waals surface area contributed by atoms with Crippen LogP contribution in [-0.4, -0.2) is 17.8 Å². The Labute approximate surface area is 165 Å². The molecule has 28 heavy (non-hydrogen) atoms. The van der Waals surface area contributed by atoms with E-state index in [1.165, 1.54) is 0 Å². The molecule has 2 aliphatic rings. The summed E-state index contributed by atoms with van der Waals surface area (Å²) in [4.78, 5) is 0. The zero-order valence-electron chi connectivity index (χ0n) is 16.2. The van der Waals surface area contributed by atoms with Crippen LogP contribution in [0, 0.1) is 56.2 Å². The van der Waals surface area contributed by atoms with Crippen LogP contribution in [-0.2, 0) is 15.9 Å². The highest BCUT2D eigenvalue weighted by atomic mass is 16.7. The van der Waals surface area contributed by atoms with Gasteiger partial charge in [-0.25, -0.2) is 0 Å². The number of fused-ring (bicyclic) bond motifs is 2. The second-order valence-corrected chi connectivity index (χ2v) is 7.74. The first kappa shape index (κ1) is 19.9. The molecule has 0 aromatic heterocycles. The van der Waals surface area contributed by atoms with Crippen molar-refractivity contribution in [1.29, 1.82) is 21.2 Å². The van der Waals surface area contributed by atoms with Crippen LogP contribution in [0.2, 0.25) is 0 Å². The average Bonchev–Trinajstić information content (AvgIpc) is 2.86. The Morgan fingerprint density at radius 2 is 1.75 bits per heavy atom. The van der Waals surface area contributed by atoms with Gasteiger partial charge in [0.25, 0.3) is 0 Å². The lowest BCUT2D eigenvalue weighted by Crippen LogP contribution is -2.62. The van der Waals surface area contributed by atoms with E-state index in [9.17, 15) is 15.8 Å². The topological polar surface area (TPSA) is 114 Å². The molecule has 2 heterocycles. The number of benzene rings is 1. The third-order valence-corrected chi connectivity index (χ3v) is 6.18. The van der Waals surface area contributed by atoms with E-state index >= 15 is 0 Å². The summed E-state index contributed by atoms with van der Waals surface area (Å²) >= 11 is 0. The molecule has 4 atom stereocenters. The molecule has 6 nitrogen and oxygen atoms in total. The van der Waals surface area contributed by atoms with Gasteiger partial charge in [0.05, 0.1) is 30.2 Å². The molecule has 1 aromatic carbocycles. The van der Waals surface area contributed by atoms with Crippen molar-refractivity contribution in [3.8, 4) is 18.2 Å². The zero-order valence-corrected chi connectivity index (χ0v) is 16.2. The van der Waals surface area contributed by atoms with Gasteiger partial charge >= 0.3 is 0 Å². The van der Waals surface area contributed by atoms with Crippen molar-refractivity contribution in [2.75, 3.05) is 0 Å². The lowest BCUT2D eigenvalue weighted by Gasteiger charge is -2.48. The molecule has 2 saturated heterocycles. The van der Waals surface area contributed by atoms with E-state index in [2.05, 4.69) is 25.1 Å². The van der Waals surface area contributed by atoms with Gasteiger partial charge in [-0.15, -0.1) is 0 Å². The molecule has 1 aromatic rings. The fourth-order valence-corrected chi connectivity index (χ4v) is 4.70. The number of unbranched alkanes of at least 4 members (excludes halogenated alkanes) is 2. The summed E-state index contributed by atoms with van der Waals surface area (Å²) in [6.07, 6.45) is 2.77. The van der Waals surface area contributed by atoms with E-state index in [0.717, 1.165) is 24.8 Å². The third-order valence-electron chi connectivity index (χ3n) is 6.18. The summed E-state index contributed by atoms with van der Waals surface area (Å²) in [7, 11) is 0. The molecular weight excluding hydrogens is 352 g/mol. The first-order chi connectivity index (χ1) is 13.4. The summed E-state index contributed by atoms with van der Waals surface area (Å²) in [5.74, 6) is -2.20. The molecule has 2 fully saturated rings. The highest BCUT2D eigenvalue weighted by Gasteiger charge is 2.78. The molecule has 4 unspecified atom stereocenters. The molecule has 0 aliphatic carbocycles. The van der Waals surface area contributed by atoms with E-state index in [4.69, 9.17) is 14.9 Å². The number of rotatable bonds is 6. The van der Waals surface area contributed by atoms with E-state index < -0.39 is 28.6 Å². The standard InChI is InChI=1S/C22H24N4O2/c1-3-4-6-11-18-21(13-23,14-24)22(15-25)17(12-16-9-7-5-8-10-16)20(2,27-18)28-19(22)26/h5,7-10,17-18,26H,3-4,6,11-12H2,1-2H3. The predicted octanol–water partition coefficient (Wildman–Crippen LogP) is 4.09. The van der Waals surface area contributed by atoms with E-state index in [1.54, 1.807) is 6.92 Å². The Hall–Kier alpha value is -2.88. The molecule has 144 valence electrons. The maximum absolute atomic E-state index is 10.3. The van der Waals surface area contributed by atoms with Crippen molar-refractivity contribution in [3.05, 3.63) is 35.9 Å². The Balaban J connectivity index is 2.12. The van der Waals surface area contributed by atoms with Crippen molar-refractivity contribution in [3.63, 3.8) is 0 Å². The normalized spacial score (nSPS) is 32.6. The van der Waals surface area contributed by atoms with Gasteiger partial charge in [-0.2, -0.15) is 15.8 Å². The van der Waals surface area contributed by atoms with E-state index in [-0.39, 0.29) is 5.90 Å². The fraction of sp³-hybridized carbons (Fsp3) is 0.545. The molecule has 2 aliphatic heterocycles. The van der Waals surface area contributed by atoms with Crippen LogP contribution in [0.1, 0.15) is 45.1 Å². The number of ether oxygens (including phenoxy) is 2. The van der Waals surface area contributed by atoms with Crippen molar-refractivity contribution < 1.29 is 9.47 Å². The minimum absolute atomic E-state index is 0.334. The minimum Gasteiger partial charge on any atom is -0.448 e. The first-order valence-corrected chi connectivity index (χ1v) is 9.67. The summed E-state index contributed by atoms with van der Waals surface area (Å²) in [6, 6.07) is 15.9. The number of nitrogens with zero attached hydrogens (tertiary/aromatic N) is 3. The SMILES string of the molecule is CCCCCC1OC2(C)OC(=N)C(C#N)(C2Cc2ccccc2)C1(C#N)C#N. The quantitative estimate of drug-likeness (QED) is 0.751. The second kappa shape index (κ2) is 7.27. The van der Waals surface area contributed by atoms with Gasteiger partial charge in [0.2, 0.25) is 11.7 Å². The molecule has 1 N–H and O–H groups in total. The number of nitrogens with one attached hydrogen (secondary N) is 1. The lowest BCUT2D eigenvalue weighted by molar-refractivity contribution is -0.270. The van der Waals surface area contributed by atoms with Gasteiger partial charge in [0.1, 0.15) is 0 Å². The summed E-state index contributed by atoms with van der Waals surface area (Å²) in [6.45, 7) is 3.79. The third kappa shape index (κ3) is 2.59. The lowest BCUT2D eigenvalue weighted by atomic mass is 9.53. The number of nitriles is 3. The maximum Gasteiger partial charge on any atom is 0.214 e. The van der Waals surface area contributed by atoms with E-state index in [1.807, 2.05) is 30.3 Å². The minimum atomic E-state index is -1.79. The first-order valence-electron chi connectivity index (χ1n) is 9.67. The van der Waals surface area contributed by atoms with Crippen LogP contribution in [0.25, 0.3) is 0 Å². The van der Waals surface area contributed by atoms with Gasteiger partial charge in [0.15, 0.2) is 10.8 Å². The summed E-state index contributed by atoms with van der Waals surface area (Å²) in [5.41, 5.74) is -2.52. The predicted molar refractivity (Wildman–Crippen MR) is 102 cm³/mol. The highest BCUT2D eigenvalue weighted by molar-refractivity contribution is 5.89. The Kier molecular flexibility index (Phi) is 5.16. The van der Waals surface area contributed by atoms with Crippen LogP contribution >= 0.6 is 0 Å².